The summed E-state index contributed by atoms with van der Waals surface area (Å²) >= 11 is 0. The minimum absolute atomic E-state index is 0.641. The Labute approximate surface area is 261 Å². The fourth-order valence-corrected chi connectivity index (χ4v) is 7.13. The van der Waals surface area contributed by atoms with Crippen molar-refractivity contribution in [3.05, 3.63) is 151 Å². The average molecular weight is 576 g/mol. The highest BCUT2D eigenvalue weighted by molar-refractivity contribution is 6.29. The summed E-state index contributed by atoms with van der Waals surface area (Å²) in [6.07, 6.45) is 0. The summed E-state index contributed by atoms with van der Waals surface area (Å²) in [5.41, 5.74) is 12.4. The molecule has 0 aliphatic carbocycles. The molecule has 2 heteroatoms. The number of nitrogens with zero attached hydrogens (tertiary/aromatic N) is 1. The maximum atomic E-state index is 6.55. The topological polar surface area (TPSA) is 26.0 Å². The number of aromatic nitrogens is 1. The van der Waals surface area contributed by atoms with Gasteiger partial charge in [-0.1, -0.05) is 121 Å². The van der Waals surface area contributed by atoms with E-state index >= 15 is 0 Å². The first-order valence-corrected chi connectivity index (χ1v) is 15.5. The highest BCUT2D eigenvalue weighted by Gasteiger charge is 2.21. The normalized spacial score (nSPS) is 11.8. The maximum absolute atomic E-state index is 6.55. The van der Waals surface area contributed by atoms with E-state index in [0.29, 0.717) is 5.89 Å². The molecule has 1 aromatic heterocycles. The third kappa shape index (κ3) is 3.99. The largest absolute Gasteiger partial charge is 0.436 e. The number of fused-ring (bicyclic) bond motifs is 1. The van der Waals surface area contributed by atoms with Crippen molar-refractivity contribution < 1.29 is 4.42 Å². The second-order valence-corrected chi connectivity index (χ2v) is 12.0. The van der Waals surface area contributed by atoms with Crippen LogP contribution >= 0.6 is 0 Å². The fourth-order valence-electron chi connectivity index (χ4n) is 7.13. The van der Waals surface area contributed by atoms with Crippen molar-refractivity contribution in [1.82, 2.24) is 4.98 Å². The first-order valence-electron chi connectivity index (χ1n) is 15.5. The molecule has 0 aliphatic rings. The summed E-state index contributed by atoms with van der Waals surface area (Å²) in [6, 6.07) is 50.0. The van der Waals surface area contributed by atoms with Gasteiger partial charge >= 0.3 is 0 Å². The molecule has 0 saturated heterocycles. The van der Waals surface area contributed by atoms with E-state index in [0.717, 1.165) is 33.2 Å². The quantitative estimate of drug-likeness (QED) is 0.195. The van der Waals surface area contributed by atoms with Crippen molar-refractivity contribution in [2.75, 3.05) is 0 Å². The van der Waals surface area contributed by atoms with E-state index < -0.39 is 0 Å². The van der Waals surface area contributed by atoms with E-state index in [1.54, 1.807) is 0 Å². The van der Waals surface area contributed by atoms with Crippen LogP contribution in [-0.4, -0.2) is 4.98 Å². The van der Waals surface area contributed by atoms with Crippen LogP contribution in [0.5, 0.6) is 0 Å². The standard InChI is InChI=1S/C43H29NO/c1-26-10-6-8-14-31(26)33-19-16-29-17-20-35-37(32-15-9-7-11-27(32)2)25-38(36-22-21-34(33)41(29)42(35)36)43-44-39-24-30(18-23-40(39)45-43)28-12-4-3-5-13-28/h3-25H,1-2H3. The molecule has 0 fully saturated rings. The van der Waals surface area contributed by atoms with Crippen molar-refractivity contribution in [1.29, 1.82) is 0 Å². The van der Waals surface area contributed by atoms with Gasteiger partial charge in [0.2, 0.25) is 5.89 Å². The number of rotatable bonds is 4. The zero-order valence-corrected chi connectivity index (χ0v) is 25.1. The van der Waals surface area contributed by atoms with Gasteiger partial charge < -0.3 is 4.42 Å². The Kier molecular flexibility index (Phi) is 5.66. The molecule has 212 valence electrons. The highest BCUT2D eigenvalue weighted by Crippen LogP contribution is 2.46. The summed E-state index contributed by atoms with van der Waals surface area (Å²) in [5, 5.41) is 7.42. The summed E-state index contributed by atoms with van der Waals surface area (Å²) in [5.74, 6) is 0.641. The predicted octanol–water partition coefficient (Wildman–Crippen LogP) is 12.0. The van der Waals surface area contributed by atoms with Crippen LogP contribution in [0.2, 0.25) is 0 Å². The van der Waals surface area contributed by atoms with Gasteiger partial charge in [0.1, 0.15) is 5.52 Å². The van der Waals surface area contributed by atoms with Gasteiger partial charge in [-0.05, 0) is 109 Å². The number of oxazole rings is 1. The van der Waals surface area contributed by atoms with Crippen molar-refractivity contribution in [2.24, 2.45) is 0 Å². The molecule has 1 heterocycles. The van der Waals surface area contributed by atoms with E-state index in [2.05, 4.69) is 141 Å². The molecule has 0 atom stereocenters. The molecular weight excluding hydrogens is 546 g/mol. The molecule has 0 bridgehead atoms. The molecule has 9 rings (SSSR count). The lowest BCUT2D eigenvalue weighted by atomic mass is 9.84. The van der Waals surface area contributed by atoms with E-state index in [1.807, 2.05) is 12.1 Å². The Bertz CT molecular complexity index is 2560. The Morgan fingerprint density at radius 2 is 1.07 bits per heavy atom. The molecule has 0 N–H and O–H groups in total. The zero-order valence-electron chi connectivity index (χ0n) is 25.1. The van der Waals surface area contributed by atoms with Crippen LogP contribution < -0.4 is 0 Å². The van der Waals surface area contributed by atoms with Crippen molar-refractivity contribution in [3.63, 3.8) is 0 Å². The molecule has 2 nitrogen and oxygen atoms in total. The molecule has 8 aromatic carbocycles. The lowest BCUT2D eigenvalue weighted by Crippen LogP contribution is -1.93. The first-order chi connectivity index (χ1) is 22.1. The average Bonchev–Trinajstić information content (AvgIpc) is 3.51. The summed E-state index contributed by atoms with van der Waals surface area (Å²) in [6.45, 7) is 4.38. The van der Waals surface area contributed by atoms with Gasteiger partial charge in [-0.3, -0.25) is 0 Å². The van der Waals surface area contributed by atoms with E-state index in [1.165, 1.54) is 60.3 Å². The van der Waals surface area contributed by atoms with Gasteiger partial charge in [0.15, 0.2) is 5.58 Å². The highest BCUT2D eigenvalue weighted by atomic mass is 16.3. The van der Waals surface area contributed by atoms with Gasteiger partial charge in [0, 0.05) is 5.56 Å². The molecule has 0 aliphatic heterocycles. The van der Waals surface area contributed by atoms with Gasteiger partial charge in [0.05, 0.1) is 0 Å². The fraction of sp³-hybridized carbons (Fsp3) is 0.0465. The third-order valence-corrected chi connectivity index (χ3v) is 9.38. The molecule has 0 amide bonds. The van der Waals surface area contributed by atoms with Crippen LogP contribution in [0.15, 0.2) is 144 Å². The Morgan fingerprint density at radius 3 is 1.82 bits per heavy atom. The van der Waals surface area contributed by atoms with Gasteiger partial charge in [-0.25, -0.2) is 4.98 Å². The summed E-state index contributed by atoms with van der Waals surface area (Å²) in [4.78, 5) is 5.12. The number of benzene rings is 8. The molecule has 9 aromatic rings. The SMILES string of the molecule is Cc1ccccc1-c1ccc2ccc3c(-c4ccccc4C)cc(-c4nc5cc(-c6ccccc6)ccc5o4)c4ccc1c2c43. The monoisotopic (exact) mass is 575 g/mol. The molecule has 0 saturated carbocycles. The Balaban J connectivity index is 1.37. The van der Waals surface area contributed by atoms with Crippen LogP contribution in [-0.2, 0) is 0 Å². The molecular formula is C43H29NO. The molecule has 0 unspecified atom stereocenters. The third-order valence-electron chi connectivity index (χ3n) is 9.38. The van der Waals surface area contributed by atoms with Crippen molar-refractivity contribution >= 4 is 43.4 Å². The van der Waals surface area contributed by atoms with Gasteiger partial charge in [-0.15, -0.1) is 0 Å². The second-order valence-electron chi connectivity index (χ2n) is 12.0. The lowest BCUT2D eigenvalue weighted by Gasteiger charge is -2.19. The number of aryl methyl sites for hydroxylation is 2. The second kappa shape index (κ2) is 9.90. The summed E-state index contributed by atoms with van der Waals surface area (Å²) < 4.78 is 6.55. The van der Waals surface area contributed by atoms with Crippen molar-refractivity contribution in [2.45, 2.75) is 13.8 Å². The molecule has 45 heavy (non-hydrogen) atoms. The van der Waals surface area contributed by atoms with Gasteiger partial charge in [0.25, 0.3) is 0 Å². The minimum Gasteiger partial charge on any atom is -0.436 e. The zero-order chi connectivity index (χ0) is 30.1. The molecule has 0 spiro atoms. The van der Waals surface area contributed by atoms with Crippen LogP contribution in [0.1, 0.15) is 11.1 Å². The molecule has 0 radical (unpaired) electrons. The summed E-state index contributed by atoms with van der Waals surface area (Å²) in [7, 11) is 0. The van der Waals surface area contributed by atoms with E-state index in [4.69, 9.17) is 9.40 Å². The van der Waals surface area contributed by atoms with Crippen LogP contribution in [0.3, 0.4) is 0 Å². The van der Waals surface area contributed by atoms with Gasteiger partial charge in [-0.2, -0.15) is 0 Å². The van der Waals surface area contributed by atoms with Crippen LogP contribution in [0, 0.1) is 13.8 Å². The van der Waals surface area contributed by atoms with E-state index in [9.17, 15) is 0 Å². The first kappa shape index (κ1) is 25.7. The van der Waals surface area contributed by atoms with Crippen LogP contribution in [0.4, 0.5) is 0 Å². The lowest BCUT2D eigenvalue weighted by molar-refractivity contribution is 0.620. The maximum Gasteiger partial charge on any atom is 0.227 e. The Hall–Kier alpha value is -5.73. The minimum atomic E-state index is 0.641. The number of hydrogen-bond acceptors (Lipinski definition) is 2. The smallest absolute Gasteiger partial charge is 0.227 e. The van der Waals surface area contributed by atoms with Crippen LogP contribution in [0.25, 0.3) is 88.3 Å². The predicted molar refractivity (Wildman–Crippen MR) is 189 cm³/mol. The van der Waals surface area contributed by atoms with E-state index in [-0.39, 0.29) is 0 Å². The Morgan fingerprint density at radius 1 is 0.444 bits per heavy atom. The van der Waals surface area contributed by atoms with Crippen molar-refractivity contribution in [3.8, 4) is 44.8 Å². The number of hydrogen-bond donors (Lipinski definition) is 0.